The van der Waals surface area contributed by atoms with Crippen LogP contribution in [0.1, 0.15) is 19.5 Å². The highest BCUT2D eigenvalue weighted by atomic mass is 32.1. The van der Waals surface area contributed by atoms with Crippen molar-refractivity contribution in [2.75, 3.05) is 31.5 Å². The van der Waals surface area contributed by atoms with E-state index < -0.39 is 0 Å². The van der Waals surface area contributed by atoms with Crippen molar-refractivity contribution in [2.45, 2.75) is 20.4 Å². The molecule has 0 amide bonds. The lowest BCUT2D eigenvalue weighted by molar-refractivity contribution is 0.316. The number of rotatable bonds is 7. The molecule has 0 unspecified atom stereocenters. The average molecular weight is 228 g/mol. The second-order valence-electron chi connectivity index (χ2n) is 3.30. The zero-order chi connectivity index (χ0) is 11.1. The molecule has 0 bridgehead atoms. The maximum absolute atomic E-state index is 5.49. The molecule has 0 fully saturated rings. The Bertz CT molecular complexity index is 270. The van der Waals surface area contributed by atoms with Crippen LogP contribution >= 0.6 is 11.3 Å². The largest absolute Gasteiger partial charge is 0.360 e. The Hall–Kier alpha value is -0.650. The predicted molar refractivity (Wildman–Crippen MR) is 66.3 cm³/mol. The zero-order valence-electron chi connectivity index (χ0n) is 9.49. The molecule has 5 heteroatoms. The summed E-state index contributed by atoms with van der Waals surface area (Å²) >= 11 is 1.62. The van der Waals surface area contributed by atoms with Crippen LogP contribution in [-0.2, 0) is 6.54 Å². The topological polar surface area (TPSA) is 54.2 Å². The van der Waals surface area contributed by atoms with E-state index in [9.17, 15) is 0 Å². The summed E-state index contributed by atoms with van der Waals surface area (Å²) in [6, 6.07) is 0. The Labute approximate surface area is 95.5 Å². The zero-order valence-corrected chi connectivity index (χ0v) is 10.3. The minimum atomic E-state index is 0.522. The molecule has 1 heterocycles. The normalized spacial score (nSPS) is 10.9. The van der Waals surface area contributed by atoms with Crippen molar-refractivity contribution >= 4 is 16.5 Å². The molecule has 0 aromatic carbocycles. The molecular formula is C10H20N4S. The van der Waals surface area contributed by atoms with Gasteiger partial charge in [-0.1, -0.05) is 13.8 Å². The third-order valence-corrected chi connectivity index (χ3v) is 3.21. The minimum Gasteiger partial charge on any atom is -0.360 e. The molecule has 0 aliphatic carbocycles. The predicted octanol–water partition coefficient (Wildman–Crippen LogP) is 1.36. The van der Waals surface area contributed by atoms with Crippen LogP contribution in [0.15, 0.2) is 5.38 Å². The van der Waals surface area contributed by atoms with Gasteiger partial charge in [0, 0.05) is 25.0 Å². The lowest BCUT2D eigenvalue weighted by atomic mass is 10.5. The van der Waals surface area contributed by atoms with E-state index in [2.05, 4.69) is 29.0 Å². The van der Waals surface area contributed by atoms with Crippen LogP contribution in [0, 0.1) is 0 Å². The van der Waals surface area contributed by atoms with Gasteiger partial charge in [-0.15, -0.1) is 11.3 Å². The quantitative estimate of drug-likeness (QED) is 0.740. The van der Waals surface area contributed by atoms with Crippen LogP contribution in [0.2, 0.25) is 0 Å². The lowest BCUT2D eigenvalue weighted by Crippen LogP contribution is -2.28. The van der Waals surface area contributed by atoms with Crippen LogP contribution in [0.4, 0.5) is 5.13 Å². The summed E-state index contributed by atoms with van der Waals surface area (Å²) in [5.41, 5.74) is 6.45. The number of nitrogens with one attached hydrogen (secondary N) is 1. The summed E-state index contributed by atoms with van der Waals surface area (Å²) in [6.07, 6.45) is 0. The molecule has 0 saturated heterocycles. The van der Waals surface area contributed by atoms with E-state index in [-0.39, 0.29) is 0 Å². The Morgan fingerprint density at radius 1 is 1.47 bits per heavy atom. The Balaban J connectivity index is 2.25. The molecule has 3 N–H and O–H groups in total. The van der Waals surface area contributed by atoms with Gasteiger partial charge in [-0.05, 0) is 13.1 Å². The van der Waals surface area contributed by atoms with Gasteiger partial charge >= 0.3 is 0 Å². The van der Waals surface area contributed by atoms with Crippen molar-refractivity contribution < 1.29 is 0 Å². The SMILES string of the molecule is CCN(CC)CCNc1nc(CN)cs1. The summed E-state index contributed by atoms with van der Waals surface area (Å²) in [7, 11) is 0. The molecule has 0 radical (unpaired) electrons. The smallest absolute Gasteiger partial charge is 0.182 e. The third-order valence-electron chi connectivity index (χ3n) is 2.36. The lowest BCUT2D eigenvalue weighted by Gasteiger charge is -2.17. The molecule has 1 rings (SSSR count). The Kier molecular flexibility index (Phi) is 5.60. The highest BCUT2D eigenvalue weighted by molar-refractivity contribution is 7.13. The number of hydrogen-bond donors (Lipinski definition) is 2. The van der Waals surface area contributed by atoms with Crippen LogP contribution in [-0.4, -0.2) is 36.1 Å². The van der Waals surface area contributed by atoms with Gasteiger partial charge < -0.3 is 16.0 Å². The summed E-state index contributed by atoms with van der Waals surface area (Å²) in [5, 5.41) is 6.28. The molecule has 0 aliphatic rings. The van der Waals surface area contributed by atoms with Gasteiger partial charge in [0.15, 0.2) is 5.13 Å². The number of likely N-dealkylation sites (N-methyl/N-ethyl adjacent to an activating group) is 1. The highest BCUT2D eigenvalue weighted by Crippen LogP contribution is 2.14. The first-order valence-electron chi connectivity index (χ1n) is 5.40. The van der Waals surface area contributed by atoms with Crippen molar-refractivity contribution in [2.24, 2.45) is 5.73 Å². The molecule has 0 saturated carbocycles. The van der Waals surface area contributed by atoms with E-state index in [1.807, 2.05) is 5.38 Å². The first-order valence-corrected chi connectivity index (χ1v) is 6.28. The maximum Gasteiger partial charge on any atom is 0.182 e. The fraction of sp³-hybridized carbons (Fsp3) is 0.700. The molecule has 0 aliphatic heterocycles. The molecule has 4 nitrogen and oxygen atoms in total. The van der Waals surface area contributed by atoms with Crippen molar-refractivity contribution in [1.82, 2.24) is 9.88 Å². The molecule has 1 aromatic rings. The van der Waals surface area contributed by atoms with Gasteiger partial charge in [-0.3, -0.25) is 0 Å². The molecule has 1 aromatic heterocycles. The van der Waals surface area contributed by atoms with Crippen LogP contribution in [0.5, 0.6) is 0 Å². The summed E-state index contributed by atoms with van der Waals surface area (Å²) in [5.74, 6) is 0. The minimum absolute atomic E-state index is 0.522. The van der Waals surface area contributed by atoms with Crippen molar-refractivity contribution in [3.05, 3.63) is 11.1 Å². The number of nitrogens with zero attached hydrogens (tertiary/aromatic N) is 2. The summed E-state index contributed by atoms with van der Waals surface area (Å²) in [6.45, 7) is 9.09. The van der Waals surface area contributed by atoms with Gasteiger partial charge in [0.25, 0.3) is 0 Å². The molecule has 0 atom stereocenters. The number of thiazole rings is 1. The standard InChI is InChI=1S/C10H20N4S/c1-3-14(4-2)6-5-12-10-13-9(7-11)8-15-10/h8H,3-7,11H2,1-2H3,(H,12,13). The Morgan fingerprint density at radius 2 is 2.20 bits per heavy atom. The van der Waals surface area contributed by atoms with Gasteiger partial charge in [-0.2, -0.15) is 0 Å². The van der Waals surface area contributed by atoms with Crippen molar-refractivity contribution in [1.29, 1.82) is 0 Å². The third kappa shape index (κ3) is 4.15. The number of hydrogen-bond acceptors (Lipinski definition) is 5. The first-order chi connectivity index (χ1) is 7.30. The monoisotopic (exact) mass is 228 g/mol. The van der Waals surface area contributed by atoms with E-state index >= 15 is 0 Å². The van der Waals surface area contributed by atoms with Gasteiger partial charge in [-0.25, -0.2) is 4.98 Å². The highest BCUT2D eigenvalue weighted by Gasteiger charge is 2.01. The number of aromatic nitrogens is 1. The van der Waals surface area contributed by atoms with Gasteiger partial charge in [0.05, 0.1) is 5.69 Å². The van der Waals surface area contributed by atoms with Crippen molar-refractivity contribution in [3.63, 3.8) is 0 Å². The second-order valence-corrected chi connectivity index (χ2v) is 4.16. The summed E-state index contributed by atoms with van der Waals surface area (Å²) in [4.78, 5) is 6.72. The maximum atomic E-state index is 5.49. The van der Waals surface area contributed by atoms with Gasteiger partial charge in [0.2, 0.25) is 0 Å². The molecule has 86 valence electrons. The fourth-order valence-electron chi connectivity index (χ4n) is 1.34. The van der Waals surface area contributed by atoms with Crippen molar-refractivity contribution in [3.8, 4) is 0 Å². The number of nitrogens with two attached hydrogens (primary N) is 1. The first kappa shape index (κ1) is 12.4. The number of anilines is 1. The van der Waals surface area contributed by atoms with Crippen LogP contribution < -0.4 is 11.1 Å². The van der Waals surface area contributed by atoms with E-state index in [1.54, 1.807) is 11.3 Å². The van der Waals surface area contributed by atoms with Crippen LogP contribution in [0.25, 0.3) is 0 Å². The average Bonchev–Trinajstić information content (AvgIpc) is 2.72. The molecule has 0 spiro atoms. The van der Waals surface area contributed by atoms with E-state index in [0.29, 0.717) is 6.54 Å². The van der Waals surface area contributed by atoms with Crippen LogP contribution in [0.3, 0.4) is 0 Å². The second kappa shape index (κ2) is 6.76. The van der Waals surface area contributed by atoms with E-state index in [1.165, 1.54) is 0 Å². The van der Waals surface area contributed by atoms with Gasteiger partial charge in [0.1, 0.15) is 0 Å². The van der Waals surface area contributed by atoms with E-state index in [0.717, 1.165) is 37.0 Å². The molecular weight excluding hydrogens is 208 g/mol. The summed E-state index contributed by atoms with van der Waals surface area (Å²) < 4.78 is 0. The van der Waals surface area contributed by atoms with E-state index in [4.69, 9.17) is 5.73 Å². The molecule has 15 heavy (non-hydrogen) atoms. The Morgan fingerprint density at radius 3 is 2.73 bits per heavy atom. The fourth-order valence-corrected chi connectivity index (χ4v) is 2.09.